The summed E-state index contributed by atoms with van der Waals surface area (Å²) in [5, 5.41) is 0. The van der Waals surface area contributed by atoms with Gasteiger partial charge in [-0.15, -0.1) is 11.8 Å². The van der Waals surface area contributed by atoms with Crippen LogP contribution in [0.15, 0.2) is 47.4 Å². The van der Waals surface area contributed by atoms with Gasteiger partial charge >= 0.3 is 0 Å². The van der Waals surface area contributed by atoms with Crippen molar-refractivity contribution in [1.29, 1.82) is 0 Å². The lowest BCUT2D eigenvalue weighted by Gasteiger charge is -2.14. The lowest BCUT2D eigenvalue weighted by Crippen LogP contribution is -2.21. The molecule has 112 valence electrons. The second-order valence-electron chi connectivity index (χ2n) is 5.21. The van der Waals surface area contributed by atoms with E-state index in [4.69, 9.17) is 10.5 Å². The van der Waals surface area contributed by atoms with Gasteiger partial charge in [0, 0.05) is 10.9 Å². The van der Waals surface area contributed by atoms with Crippen LogP contribution in [0.25, 0.3) is 0 Å². The van der Waals surface area contributed by atoms with Crippen molar-refractivity contribution in [3.8, 4) is 11.5 Å². The summed E-state index contributed by atoms with van der Waals surface area (Å²) in [7, 11) is 0. The first-order chi connectivity index (χ1) is 10.1. The number of hydrogen-bond acceptors (Lipinski definition) is 3. The van der Waals surface area contributed by atoms with Gasteiger partial charge in [-0.2, -0.15) is 0 Å². The number of nitrogens with two attached hydrogens (primary N) is 1. The van der Waals surface area contributed by atoms with Gasteiger partial charge in [-0.3, -0.25) is 0 Å². The normalized spacial score (nSPS) is 12.2. The predicted octanol–water partition coefficient (Wildman–Crippen LogP) is 4.79. The van der Waals surface area contributed by atoms with Crippen molar-refractivity contribution in [1.82, 2.24) is 0 Å². The van der Waals surface area contributed by atoms with E-state index in [0.29, 0.717) is 0 Å². The maximum absolute atomic E-state index is 6.04. The van der Waals surface area contributed by atoms with Crippen LogP contribution in [-0.2, 0) is 6.42 Å². The molecule has 1 unspecified atom stereocenters. The minimum absolute atomic E-state index is 0.229. The highest BCUT2D eigenvalue weighted by atomic mass is 32.2. The van der Waals surface area contributed by atoms with E-state index in [2.05, 4.69) is 38.3 Å². The van der Waals surface area contributed by atoms with Crippen LogP contribution in [0.4, 0.5) is 0 Å². The lowest BCUT2D eigenvalue weighted by molar-refractivity contribution is 0.470. The monoisotopic (exact) mass is 301 g/mol. The molecule has 0 spiro atoms. The number of aryl methyl sites for hydroxylation is 1. The summed E-state index contributed by atoms with van der Waals surface area (Å²) in [6.07, 6.45) is 3.98. The molecule has 0 aliphatic carbocycles. The predicted molar refractivity (Wildman–Crippen MR) is 91.4 cm³/mol. The Kier molecular flexibility index (Phi) is 5.71. The number of benzene rings is 2. The molecule has 2 aromatic carbocycles. The van der Waals surface area contributed by atoms with Gasteiger partial charge in [0.2, 0.25) is 0 Å². The van der Waals surface area contributed by atoms with Crippen molar-refractivity contribution in [3.05, 3.63) is 53.6 Å². The van der Waals surface area contributed by atoms with Crippen LogP contribution < -0.4 is 10.5 Å². The maximum Gasteiger partial charge on any atom is 0.140 e. The third-order valence-electron chi connectivity index (χ3n) is 3.62. The fourth-order valence-corrected chi connectivity index (χ4v) is 2.74. The van der Waals surface area contributed by atoms with Crippen LogP contribution >= 0.6 is 11.8 Å². The molecule has 2 N–H and O–H groups in total. The fraction of sp³-hybridized carbons (Fsp3) is 0.333. The summed E-state index contributed by atoms with van der Waals surface area (Å²) in [4.78, 5) is 1.15. The Labute approximate surface area is 131 Å². The molecule has 0 radical (unpaired) electrons. The maximum atomic E-state index is 6.04. The van der Waals surface area contributed by atoms with Crippen LogP contribution in [0.5, 0.6) is 11.5 Å². The van der Waals surface area contributed by atoms with Crippen LogP contribution in [0.1, 0.15) is 24.5 Å². The first-order valence-corrected chi connectivity index (χ1v) is 8.52. The molecule has 0 amide bonds. The number of ether oxygens (including phenoxy) is 1. The molecule has 0 heterocycles. The summed E-state index contributed by atoms with van der Waals surface area (Å²) >= 11 is 1.69. The van der Waals surface area contributed by atoms with E-state index in [0.717, 1.165) is 29.2 Å². The number of rotatable bonds is 6. The van der Waals surface area contributed by atoms with E-state index in [9.17, 15) is 0 Å². The Hall–Kier alpha value is -1.45. The lowest BCUT2D eigenvalue weighted by atomic mass is 10.00. The van der Waals surface area contributed by atoms with E-state index < -0.39 is 0 Å². The Balaban J connectivity index is 2.16. The van der Waals surface area contributed by atoms with Crippen molar-refractivity contribution in [2.24, 2.45) is 5.73 Å². The van der Waals surface area contributed by atoms with Crippen LogP contribution in [-0.4, -0.2) is 12.3 Å². The zero-order valence-corrected chi connectivity index (χ0v) is 13.7. The van der Waals surface area contributed by atoms with Crippen LogP contribution in [0.3, 0.4) is 0 Å². The smallest absolute Gasteiger partial charge is 0.140 e. The summed E-state index contributed by atoms with van der Waals surface area (Å²) in [6.45, 7) is 4.24. The van der Waals surface area contributed by atoms with Crippen molar-refractivity contribution >= 4 is 11.8 Å². The Morgan fingerprint density at radius 2 is 1.95 bits per heavy atom. The highest BCUT2D eigenvalue weighted by molar-refractivity contribution is 7.98. The van der Waals surface area contributed by atoms with Gasteiger partial charge in [-0.25, -0.2) is 0 Å². The Bertz CT molecular complexity index is 598. The zero-order chi connectivity index (χ0) is 15.2. The van der Waals surface area contributed by atoms with Gasteiger partial charge in [-0.05, 0) is 61.4 Å². The van der Waals surface area contributed by atoms with Crippen molar-refractivity contribution in [2.75, 3.05) is 6.26 Å². The average molecular weight is 301 g/mol. The number of thioether (sulfide) groups is 1. The number of hydrogen-bond donors (Lipinski definition) is 1. The highest BCUT2D eigenvalue weighted by Crippen LogP contribution is 2.32. The van der Waals surface area contributed by atoms with Crippen molar-refractivity contribution < 1.29 is 4.74 Å². The summed E-state index contributed by atoms with van der Waals surface area (Å²) in [5.41, 5.74) is 8.57. The molecule has 0 saturated heterocycles. The Morgan fingerprint density at radius 3 is 2.62 bits per heavy atom. The molecule has 2 rings (SSSR count). The summed E-state index contributed by atoms with van der Waals surface area (Å²) < 4.78 is 6.02. The third-order valence-corrected chi connectivity index (χ3v) is 4.39. The zero-order valence-electron chi connectivity index (χ0n) is 12.9. The largest absolute Gasteiger partial charge is 0.456 e. The van der Waals surface area contributed by atoms with Gasteiger partial charge in [-0.1, -0.05) is 25.1 Å². The second kappa shape index (κ2) is 7.53. The molecule has 0 saturated carbocycles. The van der Waals surface area contributed by atoms with Gasteiger partial charge in [0.1, 0.15) is 11.5 Å². The molecule has 3 heteroatoms. The minimum atomic E-state index is 0.229. The second-order valence-corrected chi connectivity index (χ2v) is 6.06. The molecule has 2 nitrogen and oxygen atoms in total. The topological polar surface area (TPSA) is 35.2 Å². The molecule has 0 fully saturated rings. The molecule has 21 heavy (non-hydrogen) atoms. The van der Waals surface area contributed by atoms with E-state index in [1.54, 1.807) is 11.8 Å². The third kappa shape index (κ3) is 4.26. The quantitative estimate of drug-likeness (QED) is 0.779. The van der Waals surface area contributed by atoms with E-state index >= 15 is 0 Å². The van der Waals surface area contributed by atoms with Crippen molar-refractivity contribution in [3.63, 3.8) is 0 Å². The van der Waals surface area contributed by atoms with Gasteiger partial charge in [0.15, 0.2) is 0 Å². The summed E-state index contributed by atoms with van der Waals surface area (Å²) in [5.74, 6) is 1.78. The Morgan fingerprint density at radius 1 is 1.19 bits per heavy atom. The molecular formula is C18H23NOS. The molecule has 1 atom stereocenters. The van der Waals surface area contributed by atoms with Crippen LogP contribution in [0.2, 0.25) is 0 Å². The molecular weight excluding hydrogens is 278 g/mol. The molecule has 2 aromatic rings. The van der Waals surface area contributed by atoms with E-state index in [1.165, 1.54) is 11.1 Å². The molecule has 0 aliphatic heterocycles. The van der Waals surface area contributed by atoms with Gasteiger partial charge in [0.25, 0.3) is 0 Å². The first kappa shape index (κ1) is 15.9. The summed E-state index contributed by atoms with van der Waals surface area (Å²) in [6, 6.07) is 14.6. The fourth-order valence-electron chi connectivity index (χ4n) is 2.22. The molecule has 0 aliphatic rings. The minimum Gasteiger partial charge on any atom is -0.456 e. The highest BCUT2D eigenvalue weighted by Gasteiger charge is 2.07. The molecule has 0 aromatic heterocycles. The average Bonchev–Trinajstić information content (AvgIpc) is 2.50. The van der Waals surface area contributed by atoms with Gasteiger partial charge in [0.05, 0.1) is 0 Å². The van der Waals surface area contributed by atoms with Crippen LogP contribution in [0, 0.1) is 6.92 Å². The van der Waals surface area contributed by atoms with E-state index in [1.807, 2.05) is 24.3 Å². The molecule has 0 bridgehead atoms. The van der Waals surface area contributed by atoms with E-state index in [-0.39, 0.29) is 6.04 Å². The van der Waals surface area contributed by atoms with Gasteiger partial charge < -0.3 is 10.5 Å². The standard InChI is InChI=1S/C18H23NOS/c1-4-15(19)12-14-9-10-16(11-13(14)2)20-17-7-5-6-8-18(17)21-3/h5-11,15H,4,12,19H2,1-3H3. The van der Waals surface area contributed by atoms with Crippen molar-refractivity contribution in [2.45, 2.75) is 37.6 Å². The SMILES string of the molecule is CCC(N)Cc1ccc(Oc2ccccc2SC)cc1C. The number of para-hydroxylation sites is 1. The first-order valence-electron chi connectivity index (χ1n) is 7.30.